The number of carbonyl (C=O) groups excluding carboxylic acids is 6. The minimum Gasteiger partial charge on any atom is -0.465 e. The van der Waals surface area contributed by atoms with Crippen LogP contribution >= 0.6 is 0 Å². The lowest BCUT2D eigenvalue weighted by atomic mass is 10.1. The number of carbonyl (C=O) groups is 6. The lowest BCUT2D eigenvalue weighted by Crippen LogP contribution is -2.46. The summed E-state index contributed by atoms with van der Waals surface area (Å²) in [4.78, 5) is 64.3. The Morgan fingerprint density at radius 2 is 1.78 bits per heavy atom. The maximum atomic E-state index is 11.2. The summed E-state index contributed by atoms with van der Waals surface area (Å²) in [5.41, 5.74) is 0. The number of hydrogen-bond donors (Lipinski definition) is 1. The summed E-state index contributed by atoms with van der Waals surface area (Å²) in [7, 11) is 1.57. The maximum Gasteiger partial charge on any atom is 0.508 e. The number of imide groups is 2. The van der Waals surface area contributed by atoms with Gasteiger partial charge in [-0.3, -0.25) is 24.6 Å². The van der Waals surface area contributed by atoms with Gasteiger partial charge in [-0.15, -0.1) is 0 Å². The summed E-state index contributed by atoms with van der Waals surface area (Å²) < 4.78 is 28.4. The summed E-state index contributed by atoms with van der Waals surface area (Å²) in [5.74, 6) is -0.567. The number of nitrogens with zero attached hydrogens (tertiary/aromatic N) is 1. The highest BCUT2D eigenvalue weighted by Crippen LogP contribution is 2.14. The summed E-state index contributed by atoms with van der Waals surface area (Å²) >= 11 is 0. The molecule has 2 fully saturated rings. The topological polar surface area (TPSA) is 173 Å². The van der Waals surface area contributed by atoms with Crippen molar-refractivity contribution in [2.24, 2.45) is 0 Å². The quantitative estimate of drug-likeness (QED) is 0.250. The first-order chi connectivity index (χ1) is 15.3. The first kappa shape index (κ1) is 26.6. The molecule has 2 saturated heterocycles. The third-order valence-corrected chi connectivity index (χ3v) is 4.23. The van der Waals surface area contributed by atoms with E-state index in [9.17, 15) is 28.8 Å². The van der Waals surface area contributed by atoms with Gasteiger partial charge in [0.25, 0.3) is 6.47 Å². The van der Waals surface area contributed by atoms with E-state index >= 15 is 0 Å². The minimum absolute atomic E-state index is 0.0308. The molecule has 180 valence electrons. The fourth-order valence-electron chi connectivity index (χ4n) is 2.64. The Bertz CT molecular complexity index is 670. The van der Waals surface area contributed by atoms with Crippen LogP contribution in [0.4, 0.5) is 14.4 Å². The molecule has 3 unspecified atom stereocenters. The molecule has 2 aliphatic rings. The van der Waals surface area contributed by atoms with Crippen LogP contribution in [0.15, 0.2) is 0 Å². The molecule has 0 aromatic rings. The van der Waals surface area contributed by atoms with Crippen LogP contribution in [-0.4, -0.2) is 93.8 Å². The minimum atomic E-state index is -0.870. The van der Waals surface area contributed by atoms with Crippen molar-refractivity contribution in [1.82, 2.24) is 10.2 Å². The molecule has 3 atom stereocenters. The van der Waals surface area contributed by atoms with E-state index < -0.39 is 30.4 Å². The van der Waals surface area contributed by atoms with E-state index in [0.29, 0.717) is 13.1 Å². The fourth-order valence-corrected chi connectivity index (χ4v) is 2.64. The smallest absolute Gasteiger partial charge is 0.465 e. The SMILES string of the molecule is CC(=O)N(CC1COC(=O)O1)C(=O)NC=O.COC(CCCC1COC(=O)O1)COC=O. The van der Waals surface area contributed by atoms with E-state index in [1.165, 1.54) is 0 Å². The molecule has 2 rings (SSSR count). The average Bonchev–Trinajstić information content (AvgIpc) is 3.36. The second-order valence-electron chi connectivity index (χ2n) is 6.52. The molecular formula is C18H26N2O12. The van der Waals surface area contributed by atoms with Gasteiger partial charge in [-0.05, 0) is 19.3 Å². The van der Waals surface area contributed by atoms with Crippen LogP contribution in [0.2, 0.25) is 0 Å². The number of methoxy groups -OCH3 is 1. The van der Waals surface area contributed by atoms with E-state index in [4.69, 9.17) is 9.47 Å². The number of amides is 4. The van der Waals surface area contributed by atoms with Gasteiger partial charge in [0.1, 0.15) is 25.9 Å². The van der Waals surface area contributed by atoms with Crippen LogP contribution in [0.3, 0.4) is 0 Å². The number of nitrogens with one attached hydrogen (secondary N) is 1. The van der Waals surface area contributed by atoms with Crippen LogP contribution in [0, 0.1) is 0 Å². The van der Waals surface area contributed by atoms with Crippen LogP contribution in [-0.2, 0) is 42.8 Å². The Hall–Kier alpha value is -3.42. The first-order valence-electron chi connectivity index (χ1n) is 9.57. The van der Waals surface area contributed by atoms with Gasteiger partial charge >= 0.3 is 18.3 Å². The zero-order valence-electron chi connectivity index (χ0n) is 17.7. The molecule has 14 heteroatoms. The van der Waals surface area contributed by atoms with Crippen LogP contribution in [0.5, 0.6) is 0 Å². The predicted octanol–water partition coefficient (Wildman–Crippen LogP) is 0.116. The van der Waals surface area contributed by atoms with E-state index in [0.717, 1.165) is 31.1 Å². The van der Waals surface area contributed by atoms with E-state index in [2.05, 4.69) is 18.9 Å². The molecule has 0 bridgehead atoms. The van der Waals surface area contributed by atoms with Gasteiger partial charge in [-0.1, -0.05) is 0 Å². The summed E-state index contributed by atoms with van der Waals surface area (Å²) in [5, 5.41) is 1.82. The molecule has 0 saturated carbocycles. The maximum absolute atomic E-state index is 11.2. The molecule has 14 nitrogen and oxygen atoms in total. The van der Waals surface area contributed by atoms with Crippen molar-refractivity contribution >= 4 is 37.1 Å². The third kappa shape index (κ3) is 10.1. The second-order valence-corrected chi connectivity index (χ2v) is 6.52. The highest BCUT2D eigenvalue weighted by Gasteiger charge is 2.30. The van der Waals surface area contributed by atoms with Crippen LogP contribution < -0.4 is 5.32 Å². The van der Waals surface area contributed by atoms with E-state index in [1.807, 2.05) is 5.32 Å². The molecule has 0 aliphatic carbocycles. The summed E-state index contributed by atoms with van der Waals surface area (Å²) in [6.07, 6.45) is 0.0543. The number of cyclic esters (lactones) is 4. The van der Waals surface area contributed by atoms with Gasteiger partial charge in [0.05, 0.1) is 12.6 Å². The van der Waals surface area contributed by atoms with Crippen molar-refractivity contribution < 1.29 is 57.2 Å². The first-order valence-corrected chi connectivity index (χ1v) is 9.57. The molecule has 0 radical (unpaired) electrons. The molecule has 2 heterocycles. The van der Waals surface area contributed by atoms with Crippen LogP contribution in [0.1, 0.15) is 26.2 Å². The normalized spacial score (nSPS) is 19.7. The molecule has 0 aromatic carbocycles. The van der Waals surface area contributed by atoms with E-state index in [1.54, 1.807) is 7.11 Å². The summed E-state index contributed by atoms with van der Waals surface area (Å²) in [6, 6.07) is -0.870. The van der Waals surface area contributed by atoms with Gasteiger partial charge < -0.3 is 28.4 Å². The predicted molar refractivity (Wildman–Crippen MR) is 101 cm³/mol. The Morgan fingerprint density at radius 1 is 1.16 bits per heavy atom. The molecule has 4 amide bonds. The third-order valence-electron chi connectivity index (χ3n) is 4.23. The molecule has 2 aliphatic heterocycles. The average molecular weight is 462 g/mol. The highest BCUT2D eigenvalue weighted by atomic mass is 16.8. The Morgan fingerprint density at radius 3 is 2.25 bits per heavy atom. The number of rotatable bonds is 11. The standard InChI is InChI=1S/C10H16O6.C8H10N2O6/c1-13-8(5-14-7-11)3-2-4-9-6-15-10(12)16-9;1-5(12)10(7(13)9-4-11)2-6-3-15-8(14)16-6/h7-9H,2-6H2,1H3;4,6H,2-3H2,1H3,(H,9,11,13). The second kappa shape index (κ2) is 14.6. The lowest BCUT2D eigenvalue weighted by Gasteiger charge is -2.19. The number of urea groups is 1. The lowest BCUT2D eigenvalue weighted by molar-refractivity contribution is -0.132. The van der Waals surface area contributed by atoms with Crippen molar-refractivity contribution in [2.75, 3.05) is 33.5 Å². The van der Waals surface area contributed by atoms with Gasteiger partial charge in [-0.25, -0.2) is 14.4 Å². The van der Waals surface area contributed by atoms with Gasteiger partial charge in [-0.2, -0.15) is 0 Å². The largest absolute Gasteiger partial charge is 0.508 e. The van der Waals surface area contributed by atoms with Crippen molar-refractivity contribution in [1.29, 1.82) is 0 Å². The molecular weight excluding hydrogens is 436 g/mol. The Kier molecular flexibility index (Phi) is 12.1. The van der Waals surface area contributed by atoms with Gasteiger partial charge in [0, 0.05) is 14.0 Å². The Labute approximate surface area is 183 Å². The van der Waals surface area contributed by atoms with Crippen LogP contribution in [0.25, 0.3) is 0 Å². The molecule has 1 N–H and O–H groups in total. The zero-order chi connectivity index (χ0) is 23.9. The number of hydrogen-bond acceptors (Lipinski definition) is 12. The van der Waals surface area contributed by atoms with Crippen molar-refractivity contribution in [3.8, 4) is 0 Å². The fraction of sp³-hybridized carbons (Fsp3) is 0.667. The summed E-state index contributed by atoms with van der Waals surface area (Å²) in [6.45, 7) is 1.95. The van der Waals surface area contributed by atoms with Crippen molar-refractivity contribution in [2.45, 2.75) is 44.5 Å². The Balaban J connectivity index is 0.000000320. The molecule has 32 heavy (non-hydrogen) atoms. The van der Waals surface area contributed by atoms with Gasteiger partial charge in [0.15, 0.2) is 6.10 Å². The van der Waals surface area contributed by atoms with Crippen molar-refractivity contribution in [3.63, 3.8) is 0 Å². The van der Waals surface area contributed by atoms with E-state index in [-0.39, 0.29) is 38.4 Å². The molecule has 0 spiro atoms. The highest BCUT2D eigenvalue weighted by molar-refractivity contribution is 5.97. The van der Waals surface area contributed by atoms with Crippen molar-refractivity contribution in [3.05, 3.63) is 0 Å². The number of ether oxygens (including phenoxy) is 6. The molecule has 0 aromatic heterocycles. The monoisotopic (exact) mass is 462 g/mol. The van der Waals surface area contributed by atoms with Gasteiger partial charge in [0.2, 0.25) is 12.3 Å². The zero-order valence-corrected chi connectivity index (χ0v) is 17.7.